The molecule has 0 saturated carbocycles. The third-order valence-corrected chi connectivity index (χ3v) is 11.8. The van der Waals surface area contributed by atoms with Crippen LogP contribution in [0.1, 0.15) is 38.5 Å². The van der Waals surface area contributed by atoms with Crippen molar-refractivity contribution in [1.29, 1.82) is 0 Å². The molecule has 2 heteroatoms. The van der Waals surface area contributed by atoms with E-state index in [1.807, 2.05) is 0 Å². The van der Waals surface area contributed by atoms with Crippen LogP contribution in [0.2, 0.25) is 0 Å². The van der Waals surface area contributed by atoms with Crippen molar-refractivity contribution in [3.63, 3.8) is 0 Å². The number of nitrogens with zero attached hydrogens (tertiary/aromatic N) is 2. The first-order valence-electron chi connectivity index (χ1n) is 19.4. The molecule has 52 heavy (non-hydrogen) atoms. The average molecular weight is 673 g/mol. The molecule has 0 bridgehead atoms. The molecule has 2 fully saturated rings. The van der Waals surface area contributed by atoms with E-state index >= 15 is 0 Å². The summed E-state index contributed by atoms with van der Waals surface area (Å²) in [6, 6.07) is 55.3. The molecule has 0 unspecified atom stereocenters. The molecule has 254 valence electrons. The summed E-state index contributed by atoms with van der Waals surface area (Å²) in [6.45, 7) is 4.51. The summed E-state index contributed by atoms with van der Waals surface area (Å²) in [6.07, 6.45) is 7.70. The second kappa shape index (κ2) is 13.2. The van der Waals surface area contributed by atoms with E-state index in [9.17, 15) is 0 Å². The molecule has 0 aliphatic carbocycles. The predicted molar refractivity (Wildman–Crippen MR) is 225 cm³/mol. The molecule has 8 aromatic rings. The largest absolute Gasteiger partial charge is 0.372 e. The number of benzene rings is 8. The van der Waals surface area contributed by atoms with Gasteiger partial charge in [0.25, 0.3) is 0 Å². The van der Waals surface area contributed by atoms with E-state index in [-0.39, 0.29) is 0 Å². The van der Waals surface area contributed by atoms with Crippen molar-refractivity contribution >= 4 is 54.5 Å². The fourth-order valence-electron chi connectivity index (χ4n) is 9.17. The maximum atomic E-state index is 2.61. The van der Waals surface area contributed by atoms with Gasteiger partial charge in [-0.25, -0.2) is 0 Å². The third-order valence-electron chi connectivity index (χ3n) is 11.8. The summed E-state index contributed by atoms with van der Waals surface area (Å²) in [7, 11) is 0. The number of hydrogen-bond acceptors (Lipinski definition) is 2. The highest BCUT2D eigenvalue weighted by molar-refractivity contribution is 6.24. The molecule has 0 atom stereocenters. The van der Waals surface area contributed by atoms with Gasteiger partial charge in [-0.3, -0.25) is 0 Å². The van der Waals surface area contributed by atoms with Crippen molar-refractivity contribution < 1.29 is 0 Å². The van der Waals surface area contributed by atoms with Gasteiger partial charge in [0.15, 0.2) is 0 Å². The van der Waals surface area contributed by atoms with Crippen molar-refractivity contribution in [2.75, 3.05) is 36.0 Å². The Balaban J connectivity index is 1.28. The van der Waals surface area contributed by atoms with E-state index in [1.54, 1.807) is 0 Å². The van der Waals surface area contributed by atoms with E-state index in [0.717, 1.165) is 26.2 Å². The lowest BCUT2D eigenvalue weighted by Crippen LogP contribution is -2.29. The molecule has 0 aromatic heterocycles. The Hall–Kier alpha value is -5.60. The Morgan fingerprint density at radius 1 is 0.308 bits per heavy atom. The smallest absolute Gasteiger partial charge is 0.0372 e. The van der Waals surface area contributed by atoms with Crippen LogP contribution in [0.25, 0.3) is 76.5 Å². The Labute approximate surface area is 306 Å². The van der Waals surface area contributed by atoms with Gasteiger partial charge in [-0.15, -0.1) is 0 Å². The Bertz CT molecular complexity index is 2600. The molecule has 0 N–H and O–H groups in total. The minimum absolute atomic E-state index is 1.13. The number of rotatable bonds is 5. The number of hydrogen-bond donors (Lipinski definition) is 0. The summed E-state index contributed by atoms with van der Waals surface area (Å²) < 4.78 is 0. The first-order valence-corrected chi connectivity index (χ1v) is 19.4. The fraction of sp³-hybridized carbons (Fsp3) is 0.200. The topological polar surface area (TPSA) is 6.48 Å². The lowest BCUT2D eigenvalue weighted by molar-refractivity contribution is 0.578. The summed E-state index contributed by atoms with van der Waals surface area (Å²) in [5.74, 6) is 0. The zero-order chi connectivity index (χ0) is 34.4. The van der Waals surface area contributed by atoms with Crippen LogP contribution >= 0.6 is 0 Å². The Morgan fingerprint density at radius 2 is 0.865 bits per heavy atom. The molecule has 0 spiro atoms. The SMILES string of the molecule is c1cc(-c2ccc3ccccc3c2)cc(-c2c3cc(N4CCCCC4)ccc3c(-c3cccc4ccccc34)c3cc(N4CCCCC4)ccc23)c1. The maximum Gasteiger partial charge on any atom is 0.0372 e. The Morgan fingerprint density at radius 3 is 1.60 bits per heavy atom. The maximum absolute atomic E-state index is 2.61. The zero-order valence-electron chi connectivity index (χ0n) is 29.8. The fourth-order valence-corrected chi connectivity index (χ4v) is 9.17. The Kier molecular flexibility index (Phi) is 7.90. The molecule has 0 radical (unpaired) electrons. The molecule has 10 rings (SSSR count). The lowest BCUT2D eigenvalue weighted by atomic mass is 9.83. The van der Waals surface area contributed by atoms with Crippen LogP contribution < -0.4 is 9.80 Å². The van der Waals surface area contributed by atoms with Gasteiger partial charge >= 0.3 is 0 Å². The van der Waals surface area contributed by atoms with Crippen molar-refractivity contribution in [2.45, 2.75) is 38.5 Å². The molecule has 2 saturated heterocycles. The van der Waals surface area contributed by atoms with Gasteiger partial charge in [0.1, 0.15) is 0 Å². The third kappa shape index (κ3) is 5.49. The second-order valence-electron chi connectivity index (χ2n) is 15.0. The zero-order valence-corrected chi connectivity index (χ0v) is 29.8. The molecule has 8 aromatic carbocycles. The van der Waals surface area contributed by atoms with Crippen LogP contribution in [0.15, 0.2) is 146 Å². The van der Waals surface area contributed by atoms with Gasteiger partial charge in [-0.2, -0.15) is 0 Å². The van der Waals surface area contributed by atoms with E-state index in [2.05, 4.69) is 155 Å². The van der Waals surface area contributed by atoms with E-state index in [4.69, 9.17) is 0 Å². The first-order chi connectivity index (χ1) is 25.8. The van der Waals surface area contributed by atoms with E-state index in [1.165, 1.54) is 126 Å². The second-order valence-corrected chi connectivity index (χ2v) is 15.0. The summed E-state index contributed by atoms with van der Waals surface area (Å²) in [5, 5.41) is 10.5. The summed E-state index contributed by atoms with van der Waals surface area (Å²) in [4.78, 5) is 5.22. The molecule has 2 aliphatic rings. The molecular weight excluding hydrogens is 629 g/mol. The number of piperidine rings is 2. The highest BCUT2D eigenvalue weighted by Crippen LogP contribution is 2.48. The normalized spacial score (nSPS) is 15.2. The highest BCUT2D eigenvalue weighted by atomic mass is 15.1. The molecule has 2 aliphatic heterocycles. The standard InChI is InChI=1S/C50H44N2/c1-7-27-51(28-8-1)41-24-26-46-47(33-41)49(40-18-11-17-38(32-40)39-22-21-35-13-3-4-15-37(35)31-39)45-25-23-42(52-29-9-2-10-30-52)34-48(45)50(46)44-20-12-16-36-14-5-6-19-43(36)44/h3-6,11-26,31-34H,1-2,7-10,27-30H2. The van der Waals surface area contributed by atoms with Gasteiger partial charge in [-0.1, -0.05) is 109 Å². The molecule has 0 amide bonds. The quantitative estimate of drug-likeness (QED) is 0.168. The molecule has 2 heterocycles. The van der Waals surface area contributed by atoms with Crippen LogP contribution in [0.3, 0.4) is 0 Å². The molecule has 2 nitrogen and oxygen atoms in total. The minimum Gasteiger partial charge on any atom is -0.372 e. The average Bonchev–Trinajstić information content (AvgIpc) is 3.22. The van der Waals surface area contributed by atoms with Gasteiger partial charge < -0.3 is 9.80 Å². The van der Waals surface area contributed by atoms with Crippen molar-refractivity contribution in [3.8, 4) is 33.4 Å². The molecular formula is C50H44N2. The minimum atomic E-state index is 1.13. The lowest BCUT2D eigenvalue weighted by Gasteiger charge is -2.30. The van der Waals surface area contributed by atoms with Gasteiger partial charge in [0.2, 0.25) is 0 Å². The monoisotopic (exact) mass is 672 g/mol. The van der Waals surface area contributed by atoms with Crippen molar-refractivity contribution in [2.24, 2.45) is 0 Å². The van der Waals surface area contributed by atoms with Crippen molar-refractivity contribution in [1.82, 2.24) is 0 Å². The van der Waals surface area contributed by atoms with Gasteiger partial charge in [-0.05, 0) is 151 Å². The predicted octanol–water partition coefficient (Wildman–Crippen LogP) is 13.3. The van der Waals surface area contributed by atoms with E-state index < -0.39 is 0 Å². The van der Waals surface area contributed by atoms with Crippen LogP contribution in [0.4, 0.5) is 11.4 Å². The first kappa shape index (κ1) is 31.2. The number of fused-ring (bicyclic) bond motifs is 4. The van der Waals surface area contributed by atoms with Crippen LogP contribution in [0.5, 0.6) is 0 Å². The highest BCUT2D eigenvalue weighted by Gasteiger charge is 2.22. The van der Waals surface area contributed by atoms with E-state index in [0.29, 0.717) is 0 Å². The van der Waals surface area contributed by atoms with Crippen LogP contribution in [-0.4, -0.2) is 26.2 Å². The van der Waals surface area contributed by atoms with Crippen LogP contribution in [0, 0.1) is 0 Å². The van der Waals surface area contributed by atoms with Crippen LogP contribution in [-0.2, 0) is 0 Å². The summed E-state index contributed by atoms with van der Waals surface area (Å²) >= 11 is 0. The van der Waals surface area contributed by atoms with Crippen molar-refractivity contribution in [3.05, 3.63) is 146 Å². The number of anilines is 2. The van der Waals surface area contributed by atoms with Gasteiger partial charge in [0, 0.05) is 37.6 Å². The summed E-state index contributed by atoms with van der Waals surface area (Å²) in [5.41, 5.74) is 10.4. The van der Waals surface area contributed by atoms with Gasteiger partial charge in [0.05, 0.1) is 0 Å².